The Morgan fingerprint density at radius 3 is 2.75 bits per heavy atom. The minimum atomic E-state index is -0.0136. The molecule has 0 spiro atoms. The van der Waals surface area contributed by atoms with Crippen LogP contribution in [0.4, 0.5) is 0 Å². The van der Waals surface area contributed by atoms with Crippen LogP contribution in [-0.2, 0) is 16.1 Å². The third kappa shape index (κ3) is 4.35. The average Bonchev–Trinajstić information content (AvgIpc) is 2.58. The Balaban J connectivity index is 1.55. The predicted octanol–water partition coefficient (Wildman–Crippen LogP) is 1.49. The number of piperazine rings is 1. The molecule has 2 heterocycles. The fraction of sp³-hybridized carbons (Fsp3) is 0.632. The van der Waals surface area contributed by atoms with Gasteiger partial charge in [-0.15, -0.1) is 0 Å². The quantitative estimate of drug-likeness (QED) is 0.908. The molecule has 0 saturated carbocycles. The zero-order valence-corrected chi connectivity index (χ0v) is 14.8. The van der Waals surface area contributed by atoms with Gasteiger partial charge in [-0.05, 0) is 19.4 Å². The van der Waals surface area contributed by atoms with Crippen LogP contribution in [0.5, 0.6) is 0 Å². The van der Waals surface area contributed by atoms with Crippen molar-refractivity contribution < 1.29 is 9.53 Å². The zero-order valence-electron chi connectivity index (χ0n) is 14.8. The molecule has 1 amide bonds. The second-order valence-corrected chi connectivity index (χ2v) is 7.46. The molecule has 2 aliphatic rings. The van der Waals surface area contributed by atoms with Crippen LogP contribution < -0.4 is 5.32 Å². The van der Waals surface area contributed by atoms with Crippen molar-refractivity contribution in [1.29, 1.82) is 0 Å². The fourth-order valence-electron chi connectivity index (χ4n) is 3.59. The molecule has 2 saturated heterocycles. The predicted molar refractivity (Wildman–Crippen MR) is 94.7 cm³/mol. The van der Waals surface area contributed by atoms with Gasteiger partial charge in [0.1, 0.15) is 0 Å². The Bertz CT molecular complexity index is 541. The van der Waals surface area contributed by atoms with Crippen molar-refractivity contribution in [3.63, 3.8) is 0 Å². The first-order valence-corrected chi connectivity index (χ1v) is 8.92. The molecule has 3 rings (SSSR count). The molecule has 0 bridgehead atoms. The highest BCUT2D eigenvalue weighted by Crippen LogP contribution is 2.24. The highest BCUT2D eigenvalue weighted by Gasteiger charge is 2.35. The molecule has 1 N–H and O–H groups in total. The minimum Gasteiger partial charge on any atom is -0.378 e. The molecule has 2 aliphatic heterocycles. The van der Waals surface area contributed by atoms with Gasteiger partial charge in [0.25, 0.3) is 0 Å². The van der Waals surface area contributed by atoms with E-state index >= 15 is 0 Å². The first-order valence-electron chi connectivity index (χ1n) is 8.92. The third-order valence-electron chi connectivity index (χ3n) is 5.06. The average molecular weight is 331 g/mol. The van der Waals surface area contributed by atoms with E-state index in [0.29, 0.717) is 13.0 Å². The Hall–Kier alpha value is -1.43. The lowest BCUT2D eigenvalue weighted by Crippen LogP contribution is -2.60. The van der Waals surface area contributed by atoms with E-state index in [1.54, 1.807) is 0 Å². The van der Waals surface area contributed by atoms with Gasteiger partial charge in [-0.25, -0.2) is 0 Å². The lowest BCUT2D eigenvalue weighted by atomic mass is 9.97. The Kier molecular flexibility index (Phi) is 5.54. The van der Waals surface area contributed by atoms with Crippen molar-refractivity contribution in [3.8, 4) is 0 Å². The van der Waals surface area contributed by atoms with Gasteiger partial charge in [-0.1, -0.05) is 30.3 Å². The van der Waals surface area contributed by atoms with E-state index in [-0.39, 0.29) is 17.5 Å². The number of nitrogens with zero attached hydrogens (tertiary/aromatic N) is 2. The number of benzene rings is 1. The van der Waals surface area contributed by atoms with Crippen molar-refractivity contribution in [2.45, 2.75) is 38.4 Å². The molecule has 132 valence electrons. The molecule has 1 unspecified atom stereocenters. The zero-order chi connectivity index (χ0) is 17.0. The van der Waals surface area contributed by atoms with Crippen LogP contribution in [0.3, 0.4) is 0 Å². The molecular weight excluding hydrogens is 302 g/mol. The summed E-state index contributed by atoms with van der Waals surface area (Å²) < 4.78 is 5.45. The number of carbonyl (C=O) groups excluding carboxylic acids is 1. The molecule has 0 aromatic heterocycles. The summed E-state index contributed by atoms with van der Waals surface area (Å²) in [6, 6.07) is 10.7. The Morgan fingerprint density at radius 1 is 1.29 bits per heavy atom. The van der Waals surface area contributed by atoms with E-state index < -0.39 is 0 Å². The van der Waals surface area contributed by atoms with E-state index in [2.05, 4.69) is 48.3 Å². The van der Waals surface area contributed by atoms with Crippen LogP contribution in [0, 0.1) is 0 Å². The number of hydrogen-bond donors (Lipinski definition) is 1. The first-order chi connectivity index (χ1) is 11.5. The van der Waals surface area contributed by atoms with E-state index in [4.69, 9.17) is 4.74 Å². The van der Waals surface area contributed by atoms with E-state index in [9.17, 15) is 4.79 Å². The molecule has 1 aromatic carbocycles. The fourth-order valence-corrected chi connectivity index (χ4v) is 3.59. The minimum absolute atomic E-state index is 0.0136. The number of hydrogen-bond acceptors (Lipinski definition) is 4. The summed E-state index contributed by atoms with van der Waals surface area (Å²) in [6.45, 7) is 10.1. The summed E-state index contributed by atoms with van der Waals surface area (Å²) in [5.41, 5.74) is 1.31. The molecule has 5 nitrogen and oxygen atoms in total. The monoisotopic (exact) mass is 331 g/mol. The van der Waals surface area contributed by atoms with Crippen LogP contribution in [0.2, 0.25) is 0 Å². The van der Waals surface area contributed by atoms with Crippen LogP contribution in [-0.4, -0.2) is 66.7 Å². The van der Waals surface area contributed by atoms with Crippen LogP contribution in [0.1, 0.15) is 25.8 Å². The summed E-state index contributed by atoms with van der Waals surface area (Å²) in [4.78, 5) is 17.1. The van der Waals surface area contributed by atoms with Crippen molar-refractivity contribution >= 4 is 5.91 Å². The molecule has 2 fully saturated rings. The summed E-state index contributed by atoms with van der Waals surface area (Å²) in [7, 11) is 0. The van der Waals surface area contributed by atoms with Gasteiger partial charge in [-0.2, -0.15) is 0 Å². The maximum Gasteiger partial charge on any atom is 0.224 e. The second-order valence-electron chi connectivity index (χ2n) is 7.46. The molecule has 24 heavy (non-hydrogen) atoms. The van der Waals surface area contributed by atoms with E-state index in [0.717, 1.165) is 39.3 Å². The number of amides is 1. The number of rotatable bonds is 4. The Labute approximate surface area is 145 Å². The van der Waals surface area contributed by atoms with Crippen LogP contribution >= 0.6 is 0 Å². The highest BCUT2D eigenvalue weighted by molar-refractivity contribution is 5.77. The number of nitrogens with one attached hydrogen (secondary N) is 1. The maximum atomic E-state index is 12.6. The summed E-state index contributed by atoms with van der Waals surface area (Å²) in [5, 5.41) is 3.37. The van der Waals surface area contributed by atoms with Crippen molar-refractivity contribution in [2.24, 2.45) is 0 Å². The lowest BCUT2D eigenvalue weighted by Gasteiger charge is -2.47. The van der Waals surface area contributed by atoms with Crippen molar-refractivity contribution in [2.75, 3.05) is 39.4 Å². The normalized spacial score (nSPS) is 24.8. The summed E-state index contributed by atoms with van der Waals surface area (Å²) in [6.07, 6.45) is 0.536. The van der Waals surface area contributed by atoms with E-state index in [1.807, 2.05) is 11.0 Å². The molecule has 5 heteroatoms. The molecular formula is C19H29N3O2. The second kappa shape index (κ2) is 7.64. The van der Waals surface area contributed by atoms with Crippen LogP contribution in [0.25, 0.3) is 0 Å². The highest BCUT2D eigenvalue weighted by atomic mass is 16.5. The topological polar surface area (TPSA) is 44.8 Å². The maximum absolute atomic E-state index is 12.6. The van der Waals surface area contributed by atoms with Crippen molar-refractivity contribution in [3.05, 3.63) is 35.9 Å². The third-order valence-corrected chi connectivity index (χ3v) is 5.06. The summed E-state index contributed by atoms with van der Waals surface area (Å²) in [5.74, 6) is 0.241. The molecule has 1 atom stereocenters. The SMILES string of the molecule is CC1(C)CN(C(=O)CC2COCCN2)CCN1Cc1ccccc1. The van der Waals surface area contributed by atoms with Crippen molar-refractivity contribution in [1.82, 2.24) is 15.1 Å². The van der Waals surface area contributed by atoms with Gasteiger partial charge in [0.05, 0.1) is 13.2 Å². The number of ether oxygens (including phenoxy) is 1. The molecule has 1 aromatic rings. The van der Waals surface area contributed by atoms with Gasteiger partial charge in [-0.3, -0.25) is 9.69 Å². The Morgan fingerprint density at radius 2 is 2.08 bits per heavy atom. The van der Waals surface area contributed by atoms with Gasteiger partial charge < -0.3 is 15.0 Å². The lowest BCUT2D eigenvalue weighted by molar-refractivity contribution is -0.137. The smallest absolute Gasteiger partial charge is 0.224 e. The van der Waals surface area contributed by atoms with E-state index in [1.165, 1.54) is 5.56 Å². The van der Waals surface area contributed by atoms with Gasteiger partial charge in [0, 0.05) is 50.7 Å². The molecule has 0 aliphatic carbocycles. The van der Waals surface area contributed by atoms with Gasteiger partial charge in [0.15, 0.2) is 0 Å². The van der Waals surface area contributed by atoms with Gasteiger partial charge >= 0.3 is 0 Å². The molecule has 0 radical (unpaired) electrons. The number of carbonyl (C=O) groups is 1. The first kappa shape index (κ1) is 17.4. The van der Waals surface area contributed by atoms with Crippen LogP contribution in [0.15, 0.2) is 30.3 Å². The summed E-state index contributed by atoms with van der Waals surface area (Å²) >= 11 is 0. The largest absolute Gasteiger partial charge is 0.378 e. The number of morpholine rings is 1. The van der Waals surface area contributed by atoms with Gasteiger partial charge in [0.2, 0.25) is 5.91 Å². The standard InChI is InChI=1S/C19H29N3O2/c1-19(2)15-21(18(23)12-17-14-24-11-8-20-17)9-10-22(19)13-16-6-4-3-5-7-16/h3-7,17,20H,8-15H2,1-2H3.